The Labute approximate surface area is 116 Å². The van der Waals surface area contributed by atoms with Gasteiger partial charge in [-0.25, -0.2) is 4.39 Å². The van der Waals surface area contributed by atoms with Gasteiger partial charge in [0.1, 0.15) is 11.6 Å². The minimum atomic E-state index is -0.509. The van der Waals surface area contributed by atoms with Gasteiger partial charge in [-0.05, 0) is 36.8 Å². The van der Waals surface area contributed by atoms with Gasteiger partial charge in [-0.1, -0.05) is 24.3 Å². The smallest absolute Gasteiger partial charge is 0.268 e. The SMILES string of the molecule is C[C@@H]1Oc2ccccc2N(Cc2ccc(F)cc2)C1=O. The second-order valence-corrected chi connectivity index (χ2v) is 4.78. The number of ether oxygens (including phenoxy) is 1. The van der Waals surface area contributed by atoms with Crippen molar-refractivity contribution in [3.63, 3.8) is 0 Å². The van der Waals surface area contributed by atoms with E-state index in [4.69, 9.17) is 4.74 Å². The number of fused-ring (bicyclic) bond motifs is 1. The quantitative estimate of drug-likeness (QED) is 0.839. The number of carbonyl (C=O) groups is 1. The van der Waals surface area contributed by atoms with Gasteiger partial charge in [0, 0.05) is 0 Å². The zero-order valence-electron chi connectivity index (χ0n) is 11.0. The van der Waals surface area contributed by atoms with Crippen LogP contribution >= 0.6 is 0 Å². The van der Waals surface area contributed by atoms with Gasteiger partial charge >= 0.3 is 0 Å². The summed E-state index contributed by atoms with van der Waals surface area (Å²) in [5.74, 6) is 0.325. The van der Waals surface area contributed by atoms with Gasteiger partial charge in [0.2, 0.25) is 0 Å². The molecule has 0 spiro atoms. The average Bonchev–Trinajstić information content (AvgIpc) is 2.46. The first-order chi connectivity index (χ1) is 9.65. The highest BCUT2D eigenvalue weighted by atomic mass is 19.1. The van der Waals surface area contributed by atoms with Gasteiger partial charge < -0.3 is 9.64 Å². The second kappa shape index (κ2) is 4.96. The summed E-state index contributed by atoms with van der Waals surface area (Å²) in [5.41, 5.74) is 1.63. The van der Waals surface area contributed by atoms with Crippen LogP contribution in [-0.2, 0) is 11.3 Å². The number of rotatable bonds is 2. The lowest BCUT2D eigenvalue weighted by atomic mass is 10.1. The van der Waals surface area contributed by atoms with Crippen LogP contribution in [0.3, 0.4) is 0 Å². The average molecular weight is 271 g/mol. The van der Waals surface area contributed by atoms with Gasteiger partial charge in [-0.3, -0.25) is 4.79 Å². The van der Waals surface area contributed by atoms with E-state index in [9.17, 15) is 9.18 Å². The first-order valence-corrected chi connectivity index (χ1v) is 6.46. The number of halogens is 1. The molecule has 1 heterocycles. The van der Waals surface area contributed by atoms with E-state index in [0.29, 0.717) is 12.3 Å². The van der Waals surface area contributed by atoms with Crippen LogP contribution in [0, 0.1) is 5.82 Å². The van der Waals surface area contributed by atoms with Crippen LogP contribution in [-0.4, -0.2) is 12.0 Å². The Kier molecular flexibility index (Phi) is 3.14. The number of anilines is 1. The molecule has 0 fully saturated rings. The van der Waals surface area contributed by atoms with Crippen LogP contribution in [0.25, 0.3) is 0 Å². The molecule has 102 valence electrons. The van der Waals surface area contributed by atoms with Crippen LogP contribution in [0.15, 0.2) is 48.5 Å². The third-order valence-electron chi connectivity index (χ3n) is 3.33. The molecule has 0 N–H and O–H groups in total. The maximum Gasteiger partial charge on any atom is 0.268 e. The summed E-state index contributed by atoms with van der Waals surface area (Å²) in [6, 6.07) is 13.6. The van der Waals surface area contributed by atoms with Crippen molar-refractivity contribution >= 4 is 11.6 Å². The number of nitrogens with zero attached hydrogens (tertiary/aromatic N) is 1. The summed E-state index contributed by atoms with van der Waals surface area (Å²) in [6.07, 6.45) is -0.509. The van der Waals surface area contributed by atoms with Crippen LogP contribution in [0.5, 0.6) is 5.75 Å². The molecule has 0 radical (unpaired) electrons. The van der Waals surface area contributed by atoms with E-state index in [1.165, 1.54) is 12.1 Å². The molecular formula is C16H14FNO2. The van der Waals surface area contributed by atoms with Crippen LogP contribution in [0.4, 0.5) is 10.1 Å². The molecule has 2 aromatic carbocycles. The van der Waals surface area contributed by atoms with Crippen molar-refractivity contribution in [2.75, 3.05) is 4.90 Å². The van der Waals surface area contributed by atoms with Gasteiger partial charge in [-0.15, -0.1) is 0 Å². The molecule has 1 aliphatic heterocycles. The molecule has 20 heavy (non-hydrogen) atoms. The van der Waals surface area contributed by atoms with E-state index < -0.39 is 6.10 Å². The molecule has 4 heteroatoms. The van der Waals surface area contributed by atoms with Crippen molar-refractivity contribution in [3.05, 3.63) is 59.9 Å². The fraction of sp³-hybridized carbons (Fsp3) is 0.188. The van der Waals surface area contributed by atoms with Crippen molar-refractivity contribution in [3.8, 4) is 5.75 Å². The molecule has 0 saturated heterocycles. The van der Waals surface area contributed by atoms with Crippen LogP contribution < -0.4 is 9.64 Å². The molecule has 3 nitrogen and oxygen atoms in total. The topological polar surface area (TPSA) is 29.5 Å². The van der Waals surface area contributed by atoms with Crippen LogP contribution in [0.1, 0.15) is 12.5 Å². The summed E-state index contributed by atoms with van der Waals surface area (Å²) in [6.45, 7) is 2.14. The fourth-order valence-corrected chi connectivity index (χ4v) is 2.29. The molecule has 0 aromatic heterocycles. The van der Waals surface area contributed by atoms with E-state index in [2.05, 4.69) is 0 Å². The number of amides is 1. The Morgan fingerprint density at radius 2 is 1.85 bits per heavy atom. The maximum absolute atomic E-state index is 12.9. The van der Waals surface area contributed by atoms with Crippen molar-refractivity contribution in [2.24, 2.45) is 0 Å². The monoisotopic (exact) mass is 271 g/mol. The van der Waals surface area contributed by atoms with Gasteiger partial charge in [0.25, 0.3) is 5.91 Å². The predicted octanol–water partition coefficient (Wildman–Crippen LogP) is 3.14. The highest BCUT2D eigenvalue weighted by Gasteiger charge is 2.31. The first kappa shape index (κ1) is 12.7. The predicted molar refractivity (Wildman–Crippen MR) is 74.1 cm³/mol. The van der Waals surface area contributed by atoms with Crippen molar-refractivity contribution in [1.29, 1.82) is 0 Å². The normalized spacial score (nSPS) is 17.6. The maximum atomic E-state index is 12.9. The highest BCUT2D eigenvalue weighted by molar-refractivity contribution is 5.99. The molecular weight excluding hydrogens is 257 g/mol. The van der Waals surface area contributed by atoms with E-state index in [1.54, 1.807) is 24.0 Å². The van der Waals surface area contributed by atoms with E-state index >= 15 is 0 Å². The molecule has 0 unspecified atom stereocenters. The van der Waals surface area contributed by atoms with Gasteiger partial charge in [0.15, 0.2) is 6.10 Å². The molecule has 2 aromatic rings. The lowest BCUT2D eigenvalue weighted by Gasteiger charge is -2.33. The Bertz CT molecular complexity index is 639. The molecule has 1 atom stereocenters. The molecule has 0 bridgehead atoms. The zero-order valence-corrected chi connectivity index (χ0v) is 11.0. The minimum Gasteiger partial charge on any atom is -0.479 e. The Morgan fingerprint density at radius 3 is 2.60 bits per heavy atom. The molecule has 3 rings (SSSR count). The van der Waals surface area contributed by atoms with Crippen molar-refractivity contribution < 1.29 is 13.9 Å². The second-order valence-electron chi connectivity index (χ2n) is 4.78. The summed E-state index contributed by atoms with van der Waals surface area (Å²) in [5, 5.41) is 0. The lowest BCUT2D eigenvalue weighted by Crippen LogP contribution is -2.43. The molecule has 1 amide bonds. The Hall–Kier alpha value is -2.36. The number of carbonyl (C=O) groups excluding carboxylic acids is 1. The summed E-state index contributed by atoms with van der Waals surface area (Å²) < 4.78 is 18.5. The lowest BCUT2D eigenvalue weighted by molar-refractivity contribution is -0.125. The number of para-hydroxylation sites is 2. The van der Waals surface area contributed by atoms with E-state index in [1.807, 2.05) is 24.3 Å². The van der Waals surface area contributed by atoms with Crippen LogP contribution in [0.2, 0.25) is 0 Å². The summed E-state index contributed by atoms with van der Waals surface area (Å²) in [4.78, 5) is 14.0. The summed E-state index contributed by atoms with van der Waals surface area (Å²) in [7, 11) is 0. The number of hydrogen-bond donors (Lipinski definition) is 0. The van der Waals surface area contributed by atoms with Gasteiger partial charge in [-0.2, -0.15) is 0 Å². The highest BCUT2D eigenvalue weighted by Crippen LogP contribution is 2.34. The third kappa shape index (κ3) is 2.25. The third-order valence-corrected chi connectivity index (χ3v) is 3.33. The van der Waals surface area contributed by atoms with Crippen molar-refractivity contribution in [1.82, 2.24) is 0 Å². The summed E-state index contributed by atoms with van der Waals surface area (Å²) >= 11 is 0. The number of hydrogen-bond acceptors (Lipinski definition) is 2. The molecule has 0 saturated carbocycles. The minimum absolute atomic E-state index is 0.0898. The van der Waals surface area contributed by atoms with E-state index in [-0.39, 0.29) is 11.7 Å². The number of benzene rings is 2. The zero-order chi connectivity index (χ0) is 14.1. The Morgan fingerprint density at radius 1 is 1.15 bits per heavy atom. The molecule has 0 aliphatic carbocycles. The fourth-order valence-electron chi connectivity index (χ4n) is 2.29. The standard InChI is InChI=1S/C16H14FNO2/c1-11-16(19)18(10-12-6-8-13(17)9-7-12)14-4-2-3-5-15(14)20-11/h2-9,11H,10H2,1H3/t11-/m0/s1. The Balaban J connectivity index is 1.95. The van der Waals surface area contributed by atoms with Crippen molar-refractivity contribution in [2.45, 2.75) is 19.6 Å². The van der Waals surface area contributed by atoms with E-state index in [0.717, 1.165) is 11.3 Å². The molecule has 1 aliphatic rings. The largest absolute Gasteiger partial charge is 0.479 e. The first-order valence-electron chi connectivity index (χ1n) is 6.46. The van der Waals surface area contributed by atoms with Gasteiger partial charge in [0.05, 0.1) is 12.2 Å².